The largest absolute Gasteiger partial charge is 0.478 e. The molecule has 0 saturated heterocycles. The Morgan fingerprint density at radius 3 is 2.81 bits per heavy atom. The van der Waals surface area contributed by atoms with Crippen molar-refractivity contribution in [2.24, 2.45) is 7.05 Å². The number of aromatic amines is 1. The molecule has 0 aliphatic carbocycles. The summed E-state index contributed by atoms with van der Waals surface area (Å²) in [5, 5.41) is 19.7. The van der Waals surface area contributed by atoms with Crippen molar-refractivity contribution >= 4 is 22.7 Å². The number of aromatic carboxylic acids is 1. The number of carboxylic acids is 1. The number of nitrogens with one attached hydrogen (secondary N) is 1. The molecule has 0 aliphatic rings. The van der Waals surface area contributed by atoms with Gasteiger partial charge in [-0.1, -0.05) is 0 Å². The quantitative estimate of drug-likeness (QED) is 0.565. The number of imidazole rings is 1. The van der Waals surface area contributed by atoms with Crippen molar-refractivity contribution in [1.29, 1.82) is 0 Å². The molecular weight excluding hydrogens is 276 g/mol. The third kappa shape index (κ3) is 2.12. The molecule has 21 heavy (non-hydrogen) atoms. The summed E-state index contributed by atoms with van der Waals surface area (Å²) >= 11 is 0. The maximum Gasteiger partial charge on any atom is 0.335 e. The van der Waals surface area contributed by atoms with Gasteiger partial charge in [0.1, 0.15) is 0 Å². The summed E-state index contributed by atoms with van der Waals surface area (Å²) in [5.74, 6) is -0.578. The Kier molecular flexibility index (Phi) is 2.72. The second kappa shape index (κ2) is 4.44. The Bertz CT molecular complexity index is 878. The Labute approximate surface area is 117 Å². The minimum atomic E-state index is -1.03. The zero-order valence-electron chi connectivity index (χ0n) is 10.9. The van der Waals surface area contributed by atoms with E-state index in [1.165, 1.54) is 24.4 Å². The smallest absolute Gasteiger partial charge is 0.335 e. The number of H-pyrrole nitrogens is 1. The fourth-order valence-electron chi connectivity index (χ4n) is 2.15. The maximum atomic E-state index is 10.9. The topological polar surface area (TPSA) is 114 Å². The van der Waals surface area contributed by atoms with Crippen LogP contribution in [0.2, 0.25) is 0 Å². The van der Waals surface area contributed by atoms with Crippen LogP contribution in [0.25, 0.3) is 22.6 Å². The van der Waals surface area contributed by atoms with Gasteiger partial charge >= 0.3 is 5.97 Å². The van der Waals surface area contributed by atoms with E-state index in [0.29, 0.717) is 22.6 Å². The number of hydrogen-bond acceptors (Lipinski definition) is 4. The van der Waals surface area contributed by atoms with Gasteiger partial charge in [-0.2, -0.15) is 0 Å². The average molecular weight is 286 g/mol. The number of aryl methyl sites for hydroxylation is 1. The van der Waals surface area contributed by atoms with E-state index in [9.17, 15) is 14.9 Å². The Hall–Kier alpha value is -3.16. The van der Waals surface area contributed by atoms with Crippen molar-refractivity contribution in [1.82, 2.24) is 14.5 Å². The van der Waals surface area contributed by atoms with Crippen molar-refractivity contribution in [3.05, 3.63) is 46.1 Å². The number of fused-ring (bicyclic) bond motifs is 1. The molecule has 0 aliphatic heterocycles. The van der Waals surface area contributed by atoms with E-state index >= 15 is 0 Å². The monoisotopic (exact) mass is 286 g/mol. The molecule has 0 saturated carbocycles. The summed E-state index contributed by atoms with van der Waals surface area (Å²) in [4.78, 5) is 28.6. The predicted octanol–water partition coefficient (Wildman–Crippen LogP) is 2.17. The number of aromatic nitrogens is 3. The lowest BCUT2D eigenvalue weighted by molar-refractivity contribution is -0.384. The summed E-state index contributed by atoms with van der Waals surface area (Å²) < 4.78 is 1.59. The standard InChI is InChI=1S/C13H10N4O4/c1-16-6-8(17(20)21)5-11(16)12-14-9-3-2-7(13(18)19)4-10(9)15-12/h2-6H,1H3,(H,14,15)(H,18,19). The van der Waals surface area contributed by atoms with Crippen LogP contribution in [0, 0.1) is 10.1 Å². The number of carbonyl (C=O) groups is 1. The van der Waals surface area contributed by atoms with Crippen molar-refractivity contribution in [2.45, 2.75) is 0 Å². The van der Waals surface area contributed by atoms with E-state index in [1.54, 1.807) is 17.7 Å². The number of carboxylic acid groups (broad SMARTS) is 1. The molecule has 3 rings (SSSR count). The summed E-state index contributed by atoms with van der Waals surface area (Å²) in [7, 11) is 1.68. The maximum absolute atomic E-state index is 10.9. The van der Waals surface area contributed by atoms with Gasteiger partial charge in [0.2, 0.25) is 0 Å². The van der Waals surface area contributed by atoms with Gasteiger partial charge in [0.15, 0.2) is 5.82 Å². The highest BCUT2D eigenvalue weighted by atomic mass is 16.6. The zero-order valence-corrected chi connectivity index (χ0v) is 10.9. The van der Waals surface area contributed by atoms with Gasteiger partial charge in [-0.25, -0.2) is 9.78 Å². The Morgan fingerprint density at radius 2 is 2.19 bits per heavy atom. The number of hydrogen-bond donors (Lipinski definition) is 2. The zero-order chi connectivity index (χ0) is 15.1. The summed E-state index contributed by atoms with van der Waals surface area (Å²) in [6.07, 6.45) is 1.39. The average Bonchev–Trinajstić information content (AvgIpc) is 3.00. The molecule has 3 aromatic rings. The van der Waals surface area contributed by atoms with Gasteiger partial charge in [0.05, 0.1) is 33.4 Å². The summed E-state index contributed by atoms with van der Waals surface area (Å²) in [6, 6.07) is 5.94. The predicted molar refractivity (Wildman–Crippen MR) is 74.1 cm³/mol. The van der Waals surface area contributed by atoms with E-state index in [1.807, 2.05) is 0 Å². The number of benzene rings is 1. The normalized spacial score (nSPS) is 10.9. The molecule has 2 aromatic heterocycles. The minimum Gasteiger partial charge on any atom is -0.478 e. The Balaban J connectivity index is 2.13. The number of nitro groups is 1. The van der Waals surface area contributed by atoms with Crippen molar-refractivity contribution in [3.63, 3.8) is 0 Å². The molecule has 2 heterocycles. The molecular formula is C13H10N4O4. The van der Waals surface area contributed by atoms with Crippen LogP contribution in [0.1, 0.15) is 10.4 Å². The molecule has 0 bridgehead atoms. The third-order valence-electron chi connectivity index (χ3n) is 3.17. The first-order valence-corrected chi connectivity index (χ1v) is 6.00. The molecule has 0 unspecified atom stereocenters. The lowest BCUT2D eigenvalue weighted by atomic mass is 10.2. The first-order chi connectivity index (χ1) is 9.95. The first-order valence-electron chi connectivity index (χ1n) is 6.00. The number of nitrogens with zero attached hydrogens (tertiary/aromatic N) is 3. The molecule has 8 nitrogen and oxygen atoms in total. The molecule has 0 amide bonds. The van der Waals surface area contributed by atoms with Crippen LogP contribution in [0.15, 0.2) is 30.5 Å². The van der Waals surface area contributed by atoms with Gasteiger partial charge in [0.25, 0.3) is 5.69 Å². The van der Waals surface area contributed by atoms with Crippen LogP contribution in [0.5, 0.6) is 0 Å². The van der Waals surface area contributed by atoms with E-state index in [4.69, 9.17) is 5.11 Å². The third-order valence-corrected chi connectivity index (χ3v) is 3.17. The molecule has 0 radical (unpaired) electrons. The summed E-state index contributed by atoms with van der Waals surface area (Å²) in [5.41, 5.74) is 1.83. The highest BCUT2D eigenvalue weighted by Gasteiger charge is 2.16. The van der Waals surface area contributed by atoms with Crippen LogP contribution in [0.3, 0.4) is 0 Å². The van der Waals surface area contributed by atoms with E-state index in [0.717, 1.165) is 0 Å². The Morgan fingerprint density at radius 1 is 1.43 bits per heavy atom. The lowest BCUT2D eigenvalue weighted by Crippen LogP contribution is -1.94. The van der Waals surface area contributed by atoms with Gasteiger partial charge in [-0.05, 0) is 18.2 Å². The first kappa shape index (κ1) is 12.9. The molecule has 1 aromatic carbocycles. The summed E-state index contributed by atoms with van der Waals surface area (Å²) in [6.45, 7) is 0. The SMILES string of the molecule is Cn1cc([N+](=O)[O-])cc1-c1nc2ccc(C(=O)O)cc2[nH]1. The van der Waals surface area contributed by atoms with E-state index < -0.39 is 10.9 Å². The van der Waals surface area contributed by atoms with Crippen LogP contribution >= 0.6 is 0 Å². The van der Waals surface area contributed by atoms with Crippen LogP contribution < -0.4 is 0 Å². The highest BCUT2D eigenvalue weighted by molar-refractivity contribution is 5.92. The van der Waals surface area contributed by atoms with E-state index in [2.05, 4.69) is 9.97 Å². The minimum absolute atomic E-state index is 0.0285. The van der Waals surface area contributed by atoms with Crippen molar-refractivity contribution in [3.8, 4) is 11.5 Å². The molecule has 8 heteroatoms. The van der Waals surface area contributed by atoms with Crippen molar-refractivity contribution < 1.29 is 14.8 Å². The van der Waals surface area contributed by atoms with E-state index in [-0.39, 0.29) is 11.3 Å². The molecule has 0 atom stereocenters. The van der Waals surface area contributed by atoms with Crippen LogP contribution in [-0.2, 0) is 7.05 Å². The lowest BCUT2D eigenvalue weighted by Gasteiger charge is -1.96. The van der Waals surface area contributed by atoms with Crippen molar-refractivity contribution in [2.75, 3.05) is 0 Å². The van der Waals surface area contributed by atoms with Gasteiger partial charge in [-0.3, -0.25) is 10.1 Å². The molecule has 106 valence electrons. The van der Waals surface area contributed by atoms with Crippen LogP contribution in [-0.4, -0.2) is 30.5 Å². The number of rotatable bonds is 3. The second-order valence-electron chi connectivity index (χ2n) is 4.57. The van der Waals surface area contributed by atoms with Gasteiger partial charge < -0.3 is 14.7 Å². The molecule has 2 N–H and O–H groups in total. The molecule has 0 spiro atoms. The highest BCUT2D eigenvalue weighted by Crippen LogP contribution is 2.25. The fraction of sp³-hybridized carbons (Fsp3) is 0.0769. The fourth-order valence-corrected chi connectivity index (χ4v) is 2.15. The van der Waals surface area contributed by atoms with Gasteiger partial charge in [0, 0.05) is 13.1 Å². The molecule has 0 fully saturated rings. The van der Waals surface area contributed by atoms with Gasteiger partial charge in [-0.15, -0.1) is 0 Å². The second-order valence-corrected chi connectivity index (χ2v) is 4.57. The van der Waals surface area contributed by atoms with Crippen LogP contribution in [0.4, 0.5) is 5.69 Å².